The molecule has 1 atom stereocenters. The Morgan fingerprint density at radius 2 is 2.08 bits per heavy atom. The topological polar surface area (TPSA) is 78.4 Å². The number of nitrogens with one attached hydrogen (secondary N) is 2. The van der Waals surface area contributed by atoms with Gasteiger partial charge >= 0.3 is 12.0 Å². The minimum Gasteiger partial charge on any atom is -0.480 e. The van der Waals surface area contributed by atoms with E-state index in [1.54, 1.807) is 11.8 Å². The number of hydrogen-bond donors (Lipinski definition) is 3. The van der Waals surface area contributed by atoms with Gasteiger partial charge in [-0.05, 0) is 6.26 Å². The predicted molar refractivity (Wildman–Crippen MR) is 52.0 cm³/mol. The molecule has 0 aliphatic carbocycles. The zero-order valence-electron chi connectivity index (χ0n) is 7.66. The molecule has 0 spiro atoms. The van der Waals surface area contributed by atoms with Crippen molar-refractivity contribution >= 4 is 23.8 Å². The highest BCUT2D eigenvalue weighted by molar-refractivity contribution is 7.99. The zero-order chi connectivity index (χ0) is 10.3. The van der Waals surface area contributed by atoms with Gasteiger partial charge in [0.05, 0.1) is 0 Å². The van der Waals surface area contributed by atoms with Crippen molar-refractivity contribution in [2.75, 3.05) is 19.3 Å². The monoisotopic (exact) mass is 206 g/mol. The number of carboxylic acids is 1. The van der Waals surface area contributed by atoms with E-state index >= 15 is 0 Å². The van der Waals surface area contributed by atoms with Gasteiger partial charge in [0.2, 0.25) is 0 Å². The van der Waals surface area contributed by atoms with Crippen LogP contribution in [0.25, 0.3) is 0 Å². The number of carboxylic acid groups (broad SMARTS) is 1. The fourth-order valence-corrected chi connectivity index (χ4v) is 0.788. The molecule has 0 heterocycles. The Hall–Kier alpha value is -0.910. The molecule has 6 heteroatoms. The summed E-state index contributed by atoms with van der Waals surface area (Å²) in [6, 6.07) is -0.441. The summed E-state index contributed by atoms with van der Waals surface area (Å²) < 4.78 is 0. The molecule has 13 heavy (non-hydrogen) atoms. The van der Waals surface area contributed by atoms with Crippen LogP contribution in [0.5, 0.6) is 0 Å². The number of thioether (sulfide) groups is 1. The predicted octanol–water partition coefficient (Wildman–Crippen LogP) is 0.122. The van der Waals surface area contributed by atoms with E-state index in [4.69, 9.17) is 5.11 Å². The zero-order valence-corrected chi connectivity index (χ0v) is 8.48. The van der Waals surface area contributed by atoms with Crippen LogP contribution >= 0.6 is 11.8 Å². The number of urea groups is 1. The summed E-state index contributed by atoms with van der Waals surface area (Å²) in [7, 11) is 0. The highest BCUT2D eigenvalue weighted by Crippen LogP contribution is 2.01. The average Bonchev–Trinajstić information content (AvgIpc) is 2.10. The van der Waals surface area contributed by atoms with E-state index in [1.807, 2.05) is 13.2 Å². The minimum atomic E-state index is -1.05. The molecule has 0 saturated carbocycles. The number of carbonyl (C=O) groups is 2. The highest BCUT2D eigenvalue weighted by Gasteiger charge is 2.04. The molecule has 0 saturated heterocycles. The third-order valence-corrected chi connectivity index (χ3v) is 2.32. The fraction of sp³-hybridized carbons (Fsp3) is 0.714. The lowest BCUT2D eigenvalue weighted by Crippen LogP contribution is -2.40. The lowest BCUT2D eigenvalue weighted by molar-refractivity contribution is -0.135. The maximum Gasteiger partial charge on any atom is 0.323 e. The van der Waals surface area contributed by atoms with Crippen molar-refractivity contribution in [3.63, 3.8) is 0 Å². The molecule has 1 unspecified atom stereocenters. The first-order valence-electron chi connectivity index (χ1n) is 3.82. The highest BCUT2D eigenvalue weighted by atomic mass is 32.2. The Kier molecular flexibility index (Phi) is 6.13. The molecule has 0 aliphatic rings. The number of carbonyl (C=O) groups excluding carboxylic acids is 1. The standard InChI is InChI=1S/C7H14N2O3S/c1-5(13-2)3-8-7(12)9-4-6(10)11/h5H,3-4H2,1-2H3,(H,10,11)(H2,8,9,12). The molecule has 0 aromatic carbocycles. The average molecular weight is 206 g/mol. The quantitative estimate of drug-likeness (QED) is 0.597. The molecule has 0 bridgehead atoms. The maximum atomic E-state index is 10.9. The summed E-state index contributed by atoms with van der Waals surface area (Å²) in [5.74, 6) is -1.05. The van der Waals surface area contributed by atoms with Crippen LogP contribution in [0.4, 0.5) is 4.79 Å². The number of hydrogen-bond acceptors (Lipinski definition) is 3. The van der Waals surface area contributed by atoms with Crippen LogP contribution in [0.15, 0.2) is 0 Å². The van der Waals surface area contributed by atoms with Crippen LogP contribution in [0.3, 0.4) is 0 Å². The van der Waals surface area contributed by atoms with Gasteiger partial charge in [-0.2, -0.15) is 11.8 Å². The van der Waals surface area contributed by atoms with Gasteiger partial charge in [-0.3, -0.25) is 4.79 Å². The Morgan fingerprint density at radius 1 is 1.46 bits per heavy atom. The second-order valence-electron chi connectivity index (χ2n) is 2.50. The van der Waals surface area contributed by atoms with Crippen LogP contribution in [-0.4, -0.2) is 41.7 Å². The summed E-state index contributed by atoms with van der Waals surface area (Å²) in [6.07, 6.45) is 1.95. The fourth-order valence-electron chi connectivity index (χ4n) is 0.538. The molecule has 3 N–H and O–H groups in total. The lowest BCUT2D eigenvalue weighted by atomic mass is 10.5. The van der Waals surface area contributed by atoms with Crippen LogP contribution in [0.1, 0.15) is 6.92 Å². The molecule has 0 aromatic rings. The first-order chi connectivity index (χ1) is 6.06. The first kappa shape index (κ1) is 12.1. The SMILES string of the molecule is CSC(C)CNC(=O)NCC(=O)O. The van der Waals surface area contributed by atoms with Crippen molar-refractivity contribution in [1.29, 1.82) is 0 Å². The van der Waals surface area contributed by atoms with Gasteiger partial charge in [0.1, 0.15) is 6.54 Å². The van der Waals surface area contributed by atoms with Gasteiger partial charge in [-0.1, -0.05) is 6.92 Å². The van der Waals surface area contributed by atoms with E-state index in [2.05, 4.69) is 10.6 Å². The van der Waals surface area contributed by atoms with Gasteiger partial charge in [0.15, 0.2) is 0 Å². The Morgan fingerprint density at radius 3 is 2.54 bits per heavy atom. The summed E-state index contributed by atoms with van der Waals surface area (Å²) in [4.78, 5) is 20.9. The van der Waals surface area contributed by atoms with Crippen molar-refractivity contribution in [2.24, 2.45) is 0 Å². The molecule has 0 rings (SSSR count). The van der Waals surface area contributed by atoms with Gasteiger partial charge in [0.25, 0.3) is 0 Å². The van der Waals surface area contributed by atoms with E-state index in [-0.39, 0.29) is 6.54 Å². The molecule has 0 aromatic heterocycles. The molecule has 5 nitrogen and oxygen atoms in total. The van der Waals surface area contributed by atoms with Crippen molar-refractivity contribution in [1.82, 2.24) is 10.6 Å². The van der Waals surface area contributed by atoms with Gasteiger partial charge in [0, 0.05) is 11.8 Å². The summed E-state index contributed by atoms with van der Waals surface area (Å²) >= 11 is 1.63. The summed E-state index contributed by atoms with van der Waals surface area (Å²) in [6.45, 7) is 2.16. The molecule has 2 amide bonds. The van der Waals surface area contributed by atoms with E-state index in [0.717, 1.165) is 0 Å². The van der Waals surface area contributed by atoms with Gasteiger partial charge in [-0.25, -0.2) is 4.79 Å². The Balaban J connectivity index is 3.46. The minimum absolute atomic E-state index is 0.329. The molecule has 0 fully saturated rings. The first-order valence-corrected chi connectivity index (χ1v) is 5.11. The van der Waals surface area contributed by atoms with Crippen LogP contribution < -0.4 is 10.6 Å². The van der Waals surface area contributed by atoms with Crippen LogP contribution in [-0.2, 0) is 4.79 Å². The van der Waals surface area contributed by atoms with Crippen molar-refractivity contribution in [3.8, 4) is 0 Å². The van der Waals surface area contributed by atoms with E-state index in [9.17, 15) is 9.59 Å². The Labute approximate surface area is 81.3 Å². The molecule has 0 radical (unpaired) electrons. The molecular formula is C7H14N2O3S. The normalized spacial score (nSPS) is 11.8. The molecule has 76 valence electrons. The Bertz CT molecular complexity index is 187. The largest absolute Gasteiger partial charge is 0.480 e. The number of aliphatic carboxylic acids is 1. The van der Waals surface area contributed by atoms with Crippen molar-refractivity contribution in [3.05, 3.63) is 0 Å². The smallest absolute Gasteiger partial charge is 0.323 e. The third-order valence-electron chi connectivity index (χ3n) is 1.35. The molecular weight excluding hydrogens is 192 g/mol. The summed E-state index contributed by atoms with van der Waals surface area (Å²) in [5, 5.41) is 13.3. The van der Waals surface area contributed by atoms with E-state index in [1.165, 1.54) is 0 Å². The van der Waals surface area contributed by atoms with Crippen molar-refractivity contribution < 1.29 is 14.7 Å². The second-order valence-corrected chi connectivity index (χ2v) is 3.78. The van der Waals surface area contributed by atoms with Crippen molar-refractivity contribution in [2.45, 2.75) is 12.2 Å². The van der Waals surface area contributed by atoms with Gasteiger partial charge in [-0.15, -0.1) is 0 Å². The maximum absolute atomic E-state index is 10.9. The second kappa shape index (κ2) is 6.59. The molecule has 0 aliphatic heterocycles. The lowest BCUT2D eigenvalue weighted by Gasteiger charge is -2.09. The third kappa shape index (κ3) is 7.45. The van der Waals surface area contributed by atoms with E-state index < -0.39 is 12.0 Å². The van der Waals surface area contributed by atoms with Crippen LogP contribution in [0.2, 0.25) is 0 Å². The van der Waals surface area contributed by atoms with Crippen LogP contribution in [0, 0.1) is 0 Å². The number of amides is 2. The summed E-state index contributed by atoms with van der Waals surface area (Å²) in [5.41, 5.74) is 0. The van der Waals surface area contributed by atoms with Gasteiger partial charge < -0.3 is 15.7 Å². The van der Waals surface area contributed by atoms with E-state index in [0.29, 0.717) is 11.8 Å². The number of rotatable bonds is 5.